The quantitative estimate of drug-likeness (QED) is 0.0481. The third kappa shape index (κ3) is 13.1. The first-order valence-electron chi connectivity index (χ1n) is 24.5. The van der Waals surface area contributed by atoms with Crippen molar-refractivity contribution in [3.05, 3.63) is 60.2 Å². The van der Waals surface area contributed by atoms with Crippen molar-refractivity contribution in [3.63, 3.8) is 0 Å². The highest BCUT2D eigenvalue weighted by Crippen LogP contribution is 2.49. The van der Waals surface area contributed by atoms with Crippen molar-refractivity contribution in [2.75, 3.05) is 90.1 Å². The summed E-state index contributed by atoms with van der Waals surface area (Å²) >= 11 is -2.06. The molecule has 2 saturated heterocycles. The maximum atomic E-state index is 13.6. The third-order valence-corrected chi connectivity index (χ3v) is 14.1. The minimum atomic E-state index is -2.06. The molecule has 5 atom stereocenters. The number of hydrogen-bond donors (Lipinski definition) is 5. The van der Waals surface area contributed by atoms with E-state index in [1.54, 1.807) is 32.0 Å². The topological polar surface area (TPSA) is 308 Å². The monoisotopic (exact) mass is 1110 g/mol. The largest absolute Gasteiger partial charge is 0.495 e. The molecule has 27 heteroatoms. The lowest BCUT2D eigenvalue weighted by molar-refractivity contribution is -0.147. The number of imide groups is 2. The highest BCUT2D eigenvalue weighted by Gasteiger charge is 2.59. The Morgan fingerprint density at radius 3 is 1.64 bits per heavy atom. The van der Waals surface area contributed by atoms with Crippen molar-refractivity contribution in [2.24, 2.45) is 10.8 Å². The zero-order valence-corrected chi connectivity index (χ0v) is 45.9. The average Bonchev–Trinajstić information content (AvgIpc) is 4.37. The summed E-state index contributed by atoms with van der Waals surface area (Å²) in [5.41, 5.74) is 0.190. The number of anilines is 4. The number of carbonyl (C=O) groups is 9. The summed E-state index contributed by atoms with van der Waals surface area (Å²) in [7, 11) is 9.41. The maximum absolute atomic E-state index is 13.6. The highest BCUT2D eigenvalue weighted by atomic mass is 32.2. The highest BCUT2D eigenvalue weighted by molar-refractivity contribution is 7.82. The van der Waals surface area contributed by atoms with Gasteiger partial charge in [-0.1, -0.05) is 19.9 Å². The van der Waals surface area contributed by atoms with E-state index in [-0.39, 0.29) is 35.2 Å². The van der Waals surface area contributed by atoms with Gasteiger partial charge in [-0.05, 0) is 87.6 Å². The summed E-state index contributed by atoms with van der Waals surface area (Å²) in [5, 5.41) is 10.2. The molecule has 4 aliphatic rings. The van der Waals surface area contributed by atoms with Gasteiger partial charge in [-0.25, -0.2) is 24.2 Å². The first kappa shape index (κ1) is 59.4. The Morgan fingerprint density at radius 1 is 0.654 bits per heavy atom. The lowest BCUT2D eigenvalue weighted by Crippen LogP contribution is -2.54. The van der Waals surface area contributed by atoms with E-state index >= 15 is 0 Å². The Kier molecular flexibility index (Phi) is 19.1. The number of carbonyl (C=O) groups excluding carboxylic acids is 9. The van der Waals surface area contributed by atoms with E-state index in [0.29, 0.717) is 65.8 Å². The fourth-order valence-corrected chi connectivity index (χ4v) is 8.87. The predicted octanol–water partition coefficient (Wildman–Crippen LogP) is 4.02. The van der Waals surface area contributed by atoms with Crippen LogP contribution >= 0.6 is 0 Å². The Labute approximate surface area is 452 Å². The standard InChI is InChI=1S/C30H38N4O10S.C21H27N5O7/c1-7-42-14-15-43-21-11-8-18(2)16-23(21)44-45(39)32-19-9-10-20(22(17-19)40-5)31-26(36)24(25(35)30(3)12-13-30)34-27(37)28(41-6)33(4)29(34)38;1-21(8-9-21)15(27)14(26-17(29)18(33-5)25(3)20(26)31)16(28)24-12-10-11(23-19(30)22-2)6-7-13(12)32-4/h8-11,16-17,24,28,32H,7,12-15H2,1-6H3,(H,31,36);6-7,10,14,18H,8-9H2,1-5H3,(H,24,28)(H2,22,23,30). The van der Waals surface area contributed by atoms with Gasteiger partial charge in [0.2, 0.25) is 12.5 Å². The van der Waals surface area contributed by atoms with Crippen molar-refractivity contribution in [3.8, 4) is 23.0 Å². The second kappa shape index (κ2) is 25.1. The molecule has 0 radical (unpaired) electrons. The van der Waals surface area contributed by atoms with Gasteiger partial charge < -0.3 is 53.9 Å². The molecule has 3 aromatic carbocycles. The normalized spacial score (nSPS) is 18.9. The molecule has 2 saturated carbocycles. The fourth-order valence-electron chi connectivity index (χ4n) is 8.22. The molecule has 5 N–H and O–H groups in total. The van der Waals surface area contributed by atoms with Gasteiger partial charge in [-0.3, -0.25) is 43.3 Å². The van der Waals surface area contributed by atoms with Crippen LogP contribution in [0.25, 0.3) is 0 Å². The smallest absolute Gasteiger partial charge is 0.330 e. The molecule has 0 aromatic heterocycles. The predicted molar refractivity (Wildman–Crippen MR) is 281 cm³/mol. The van der Waals surface area contributed by atoms with Crippen molar-refractivity contribution in [1.82, 2.24) is 24.9 Å². The molecule has 5 unspecified atom stereocenters. The third-order valence-electron chi connectivity index (χ3n) is 13.3. The van der Waals surface area contributed by atoms with Crippen LogP contribution in [0.15, 0.2) is 54.6 Å². The number of benzene rings is 3. The fraction of sp³-hybridized carbons (Fsp3) is 0.471. The van der Waals surface area contributed by atoms with Gasteiger partial charge in [0.25, 0.3) is 23.6 Å². The van der Waals surface area contributed by atoms with Crippen LogP contribution in [0.4, 0.5) is 37.1 Å². The van der Waals surface area contributed by atoms with E-state index < -0.39 is 99.9 Å². The number of urea groups is 3. The summed E-state index contributed by atoms with van der Waals surface area (Å²) < 4.78 is 53.1. The van der Waals surface area contributed by atoms with Crippen LogP contribution in [-0.2, 0) is 54.2 Å². The van der Waals surface area contributed by atoms with E-state index in [0.717, 1.165) is 15.4 Å². The Balaban J connectivity index is 0.000000265. The summed E-state index contributed by atoms with van der Waals surface area (Å²) in [6.07, 6.45) is -0.340. The maximum Gasteiger partial charge on any atom is 0.330 e. The van der Waals surface area contributed by atoms with Crippen LogP contribution < -0.4 is 44.4 Å². The number of nitrogens with zero attached hydrogens (tertiary/aromatic N) is 4. The second-order valence-electron chi connectivity index (χ2n) is 19.0. The number of amides is 10. The lowest BCUT2D eigenvalue weighted by atomic mass is 9.95. The van der Waals surface area contributed by atoms with Crippen LogP contribution in [0.3, 0.4) is 0 Å². The van der Waals surface area contributed by atoms with Crippen LogP contribution in [0.1, 0.15) is 52.0 Å². The van der Waals surface area contributed by atoms with E-state index in [1.807, 2.05) is 19.9 Å². The lowest BCUT2D eigenvalue weighted by Gasteiger charge is -2.26. The number of hydrogen-bond acceptors (Lipinski definition) is 17. The molecule has 0 bridgehead atoms. The van der Waals surface area contributed by atoms with E-state index in [4.69, 9.17) is 32.6 Å². The molecule has 422 valence electrons. The Bertz CT molecular complexity index is 2860. The number of nitrogens with one attached hydrogen (secondary N) is 5. The van der Waals surface area contributed by atoms with Gasteiger partial charge in [0, 0.05) is 64.6 Å². The second-order valence-corrected chi connectivity index (χ2v) is 19.8. The number of ketones is 2. The van der Waals surface area contributed by atoms with Gasteiger partial charge in [0.05, 0.1) is 37.9 Å². The molecule has 2 heterocycles. The number of rotatable bonds is 24. The zero-order chi connectivity index (χ0) is 57.4. The van der Waals surface area contributed by atoms with Gasteiger partial charge in [-0.2, -0.15) is 4.21 Å². The van der Waals surface area contributed by atoms with E-state index in [2.05, 4.69) is 26.0 Å². The minimum Gasteiger partial charge on any atom is -0.495 e. The van der Waals surface area contributed by atoms with Crippen LogP contribution in [0.2, 0.25) is 0 Å². The summed E-state index contributed by atoms with van der Waals surface area (Å²) in [6, 6.07) is 8.66. The molecule has 2 aliphatic carbocycles. The minimum absolute atomic E-state index is 0.144. The summed E-state index contributed by atoms with van der Waals surface area (Å²) in [5.74, 6) is -3.40. The molecule has 0 spiro atoms. The van der Waals surface area contributed by atoms with Gasteiger partial charge >= 0.3 is 29.4 Å². The first-order valence-corrected chi connectivity index (χ1v) is 25.6. The van der Waals surface area contributed by atoms with Crippen molar-refractivity contribution >= 4 is 87.3 Å². The molecule has 10 amide bonds. The average molecular weight is 1110 g/mol. The number of aryl methyl sites for hydroxylation is 1. The summed E-state index contributed by atoms with van der Waals surface area (Å²) in [4.78, 5) is 120. The Morgan fingerprint density at radius 2 is 1.17 bits per heavy atom. The molecule has 2 aliphatic heterocycles. The number of methoxy groups -OCH3 is 4. The van der Waals surface area contributed by atoms with Gasteiger partial charge in [0.15, 0.2) is 35.1 Å². The molecule has 7 rings (SSSR count). The van der Waals surface area contributed by atoms with Crippen LogP contribution in [-0.4, -0.2) is 171 Å². The zero-order valence-electron chi connectivity index (χ0n) is 45.1. The Hall–Kier alpha value is -7.88. The van der Waals surface area contributed by atoms with E-state index in [9.17, 15) is 47.4 Å². The van der Waals surface area contributed by atoms with Crippen molar-refractivity contribution in [2.45, 2.75) is 77.9 Å². The van der Waals surface area contributed by atoms with E-state index in [1.165, 1.54) is 79.9 Å². The van der Waals surface area contributed by atoms with Crippen molar-refractivity contribution < 1.29 is 80.0 Å². The first-order chi connectivity index (χ1) is 37.0. The molecule has 78 heavy (non-hydrogen) atoms. The van der Waals surface area contributed by atoms with Crippen LogP contribution in [0, 0.1) is 17.8 Å². The summed E-state index contributed by atoms with van der Waals surface area (Å²) in [6.45, 7) is 8.35. The van der Waals surface area contributed by atoms with Gasteiger partial charge in [0.1, 0.15) is 18.1 Å². The number of ether oxygens (including phenoxy) is 6. The number of Topliss-reactive ketones (excluding diaryl/α,β-unsaturated/α-hetero) is 2. The molecule has 26 nitrogen and oxygen atoms in total. The van der Waals surface area contributed by atoms with Crippen molar-refractivity contribution in [1.29, 1.82) is 0 Å². The van der Waals surface area contributed by atoms with Crippen LogP contribution in [0.5, 0.6) is 23.0 Å². The number of likely N-dealkylation sites (N-methyl/N-ethyl adjacent to an activating group) is 2. The molecule has 4 fully saturated rings. The van der Waals surface area contributed by atoms with Gasteiger partial charge in [-0.15, -0.1) is 0 Å². The SMILES string of the molecule is CCOCCOc1ccc(C)cc1OS(=O)Nc1ccc(NC(=O)C(C(=O)C2(C)CC2)N2C(=O)C(OC)N(C)C2=O)c(OC)c1.CNC(=O)Nc1ccc(OC)c(NC(=O)C(C(=O)C2(C)CC2)N2C(=O)C(OC)N(C)C2=O)c1. The molecular weight excluding hydrogens is 1040 g/mol. The molecule has 3 aromatic rings. The molecular formula is C51H65N9O17S.